The van der Waals surface area contributed by atoms with E-state index >= 15 is 0 Å². The summed E-state index contributed by atoms with van der Waals surface area (Å²) >= 11 is 0. The predicted octanol–water partition coefficient (Wildman–Crippen LogP) is 4.24. The van der Waals surface area contributed by atoms with Crippen molar-refractivity contribution in [3.63, 3.8) is 0 Å². The summed E-state index contributed by atoms with van der Waals surface area (Å²) in [6.45, 7) is 0.761. The van der Waals surface area contributed by atoms with E-state index in [9.17, 15) is 14.7 Å². The van der Waals surface area contributed by atoms with Crippen molar-refractivity contribution >= 4 is 17.4 Å². The number of Topliss-reactive ketones (excluding diaryl/α,β-unsaturated/α-hetero) is 1. The Hall–Kier alpha value is -4.00. The molecule has 1 aromatic heterocycles. The number of ketones is 1. The van der Waals surface area contributed by atoms with Crippen molar-refractivity contribution in [3.8, 4) is 11.5 Å². The lowest BCUT2D eigenvalue weighted by Gasteiger charge is -2.25. The number of hydrogen-bond donors (Lipinski definition) is 1. The number of aryl methyl sites for hydroxylation is 1. The topological polar surface area (TPSA) is 89.2 Å². The number of nitrogens with zero attached hydrogens (tertiary/aromatic N) is 1. The quantitative estimate of drug-likeness (QED) is 0.359. The number of carbonyl (C=O) groups excluding carboxylic acids is 2. The van der Waals surface area contributed by atoms with Gasteiger partial charge >= 0.3 is 0 Å². The van der Waals surface area contributed by atoms with Gasteiger partial charge in [0.2, 0.25) is 0 Å². The van der Waals surface area contributed by atoms with Crippen LogP contribution in [0.4, 0.5) is 0 Å². The minimum absolute atomic E-state index is 0.0494. The fourth-order valence-electron chi connectivity index (χ4n) is 4.41. The van der Waals surface area contributed by atoms with Crippen LogP contribution in [-0.4, -0.2) is 35.4 Å². The van der Waals surface area contributed by atoms with E-state index in [1.54, 1.807) is 55.6 Å². The largest absolute Gasteiger partial charge is 0.507 e. The van der Waals surface area contributed by atoms with Gasteiger partial charge < -0.3 is 23.9 Å². The summed E-state index contributed by atoms with van der Waals surface area (Å²) in [5.74, 6) is 0.355. The Kier molecular flexibility index (Phi) is 5.38. The van der Waals surface area contributed by atoms with Crippen molar-refractivity contribution in [2.75, 3.05) is 13.7 Å². The third kappa shape index (κ3) is 3.75. The Balaban J connectivity index is 1.62. The first-order valence-corrected chi connectivity index (χ1v) is 10.8. The summed E-state index contributed by atoms with van der Waals surface area (Å²) in [5.41, 5.74) is 2.18. The minimum atomic E-state index is -0.770. The first-order chi connectivity index (χ1) is 16.1. The molecular formula is C26H23NO6. The van der Waals surface area contributed by atoms with Gasteiger partial charge in [-0.25, -0.2) is 0 Å². The maximum Gasteiger partial charge on any atom is 0.296 e. The third-order valence-corrected chi connectivity index (χ3v) is 6.06. The van der Waals surface area contributed by atoms with Crippen molar-refractivity contribution in [3.05, 3.63) is 88.9 Å². The molecule has 168 valence electrons. The molecule has 2 aliphatic rings. The Morgan fingerprint density at radius 3 is 2.70 bits per heavy atom. The molecule has 5 rings (SSSR count). The predicted molar refractivity (Wildman–Crippen MR) is 120 cm³/mol. The second-order valence-corrected chi connectivity index (χ2v) is 8.05. The molecule has 1 unspecified atom stereocenters. The number of likely N-dealkylation sites (tertiary alicyclic amines) is 1. The molecule has 7 nitrogen and oxygen atoms in total. The molecule has 1 fully saturated rings. The maximum absolute atomic E-state index is 13.2. The Morgan fingerprint density at radius 2 is 1.97 bits per heavy atom. The Labute approximate surface area is 190 Å². The highest BCUT2D eigenvalue weighted by Gasteiger charge is 2.46. The second kappa shape index (κ2) is 8.50. The van der Waals surface area contributed by atoms with Gasteiger partial charge in [-0.2, -0.15) is 0 Å². The van der Waals surface area contributed by atoms with Gasteiger partial charge in [0.25, 0.3) is 11.7 Å². The maximum atomic E-state index is 13.2. The highest BCUT2D eigenvalue weighted by molar-refractivity contribution is 6.46. The molecule has 0 saturated carbocycles. The Morgan fingerprint density at radius 1 is 1.15 bits per heavy atom. The number of aliphatic hydroxyl groups excluding tert-OH is 1. The van der Waals surface area contributed by atoms with E-state index in [4.69, 9.17) is 13.9 Å². The van der Waals surface area contributed by atoms with Gasteiger partial charge in [-0.1, -0.05) is 12.1 Å². The molecule has 0 aliphatic carbocycles. The molecule has 0 bridgehead atoms. The lowest BCUT2D eigenvalue weighted by Crippen LogP contribution is -2.29. The molecule has 1 amide bonds. The number of methoxy groups -OCH3 is 1. The van der Waals surface area contributed by atoms with E-state index in [2.05, 4.69) is 0 Å². The van der Waals surface area contributed by atoms with Crippen LogP contribution < -0.4 is 9.47 Å². The zero-order chi connectivity index (χ0) is 22.9. The second-order valence-electron chi connectivity index (χ2n) is 8.05. The number of hydrogen-bond acceptors (Lipinski definition) is 6. The molecule has 2 aliphatic heterocycles. The number of amides is 1. The Bertz CT molecular complexity index is 1230. The van der Waals surface area contributed by atoms with Crippen LogP contribution in [-0.2, 0) is 22.6 Å². The lowest BCUT2D eigenvalue weighted by molar-refractivity contribution is -0.140. The molecule has 1 atom stereocenters. The zero-order valence-electron chi connectivity index (χ0n) is 18.1. The third-order valence-electron chi connectivity index (χ3n) is 6.06. The van der Waals surface area contributed by atoms with Crippen LogP contribution in [0.15, 0.2) is 70.9 Å². The average molecular weight is 445 g/mol. The number of aliphatic hydroxyl groups is 1. The van der Waals surface area contributed by atoms with Gasteiger partial charge in [0.1, 0.15) is 23.0 Å². The van der Waals surface area contributed by atoms with Gasteiger partial charge in [-0.05, 0) is 66.4 Å². The van der Waals surface area contributed by atoms with E-state index in [1.165, 1.54) is 11.2 Å². The van der Waals surface area contributed by atoms with Crippen molar-refractivity contribution in [1.82, 2.24) is 4.90 Å². The van der Waals surface area contributed by atoms with E-state index in [0.717, 1.165) is 24.2 Å². The highest BCUT2D eigenvalue weighted by atomic mass is 16.5. The van der Waals surface area contributed by atoms with Crippen molar-refractivity contribution in [2.24, 2.45) is 0 Å². The number of carbonyl (C=O) groups is 2. The van der Waals surface area contributed by atoms with Gasteiger partial charge in [0, 0.05) is 5.56 Å². The van der Waals surface area contributed by atoms with Gasteiger partial charge in [0.05, 0.1) is 38.1 Å². The van der Waals surface area contributed by atoms with E-state index in [0.29, 0.717) is 29.2 Å². The van der Waals surface area contributed by atoms with Crippen LogP contribution in [0.5, 0.6) is 11.5 Å². The molecule has 0 spiro atoms. The number of fused-ring (bicyclic) bond motifs is 1. The summed E-state index contributed by atoms with van der Waals surface area (Å²) in [7, 11) is 1.57. The molecule has 3 aromatic rings. The van der Waals surface area contributed by atoms with E-state index < -0.39 is 17.7 Å². The number of rotatable bonds is 5. The molecule has 3 heterocycles. The number of furan rings is 1. The molecule has 2 aromatic carbocycles. The summed E-state index contributed by atoms with van der Waals surface area (Å²) in [6, 6.07) is 15.1. The molecule has 33 heavy (non-hydrogen) atoms. The van der Waals surface area contributed by atoms with Crippen molar-refractivity contribution in [1.29, 1.82) is 0 Å². The fraction of sp³-hybridized carbons (Fsp3) is 0.231. The smallest absolute Gasteiger partial charge is 0.296 e. The van der Waals surface area contributed by atoms with E-state index in [1.807, 2.05) is 6.07 Å². The van der Waals surface area contributed by atoms with Crippen molar-refractivity contribution in [2.45, 2.75) is 25.4 Å². The fourth-order valence-corrected chi connectivity index (χ4v) is 4.41. The summed E-state index contributed by atoms with van der Waals surface area (Å²) < 4.78 is 16.3. The first kappa shape index (κ1) is 20.9. The lowest BCUT2D eigenvalue weighted by atomic mass is 9.94. The first-order valence-electron chi connectivity index (χ1n) is 10.8. The number of ether oxygens (including phenoxy) is 2. The minimum Gasteiger partial charge on any atom is -0.507 e. The summed E-state index contributed by atoms with van der Waals surface area (Å²) in [4.78, 5) is 27.7. The monoisotopic (exact) mass is 445 g/mol. The van der Waals surface area contributed by atoms with E-state index in [-0.39, 0.29) is 17.9 Å². The van der Waals surface area contributed by atoms with Crippen LogP contribution in [0.25, 0.3) is 5.76 Å². The van der Waals surface area contributed by atoms with Crippen LogP contribution >= 0.6 is 0 Å². The normalized spacial score (nSPS) is 19.3. The summed E-state index contributed by atoms with van der Waals surface area (Å²) in [5, 5.41) is 11.3. The molecule has 7 heteroatoms. The van der Waals surface area contributed by atoms with Gasteiger partial charge in [0.15, 0.2) is 0 Å². The van der Waals surface area contributed by atoms with Crippen LogP contribution in [0.3, 0.4) is 0 Å². The summed E-state index contributed by atoms with van der Waals surface area (Å²) in [6.07, 6.45) is 3.23. The molecule has 0 radical (unpaired) electrons. The number of benzene rings is 2. The van der Waals surface area contributed by atoms with Crippen LogP contribution in [0.1, 0.15) is 34.9 Å². The molecule has 1 N–H and O–H groups in total. The van der Waals surface area contributed by atoms with Crippen LogP contribution in [0.2, 0.25) is 0 Å². The molecule has 1 saturated heterocycles. The standard InChI is InChI=1S/C26H23NO6/c1-31-19-9-6-16(7-10-19)23-22(25(29)26(30)27(23)15-20-5-3-12-32-20)24(28)18-8-11-21-17(14-18)4-2-13-33-21/h3,5-12,14,23,28H,2,4,13,15H2,1H3/b24-22-. The van der Waals surface area contributed by atoms with Gasteiger partial charge in [-0.3, -0.25) is 9.59 Å². The average Bonchev–Trinajstić information content (AvgIpc) is 3.46. The zero-order valence-corrected chi connectivity index (χ0v) is 18.1. The SMILES string of the molecule is COc1ccc(C2/C(=C(/O)c3ccc4c(c3)CCCO4)C(=O)C(=O)N2Cc2ccco2)cc1. The van der Waals surface area contributed by atoms with Crippen LogP contribution in [0, 0.1) is 0 Å². The molecular weight excluding hydrogens is 422 g/mol. The highest BCUT2D eigenvalue weighted by Crippen LogP contribution is 2.41. The van der Waals surface area contributed by atoms with Crippen molar-refractivity contribution < 1.29 is 28.6 Å². The van der Waals surface area contributed by atoms with Gasteiger partial charge in [-0.15, -0.1) is 0 Å².